The highest BCUT2D eigenvalue weighted by Gasteiger charge is 2.16. The summed E-state index contributed by atoms with van der Waals surface area (Å²) in [4.78, 5) is 24.7. The van der Waals surface area contributed by atoms with Crippen molar-refractivity contribution in [3.05, 3.63) is 0 Å². The maximum Gasteiger partial charge on any atom is 0.307 e. The van der Waals surface area contributed by atoms with Crippen LogP contribution in [-0.2, 0) is 68.4 Å². The summed E-state index contributed by atoms with van der Waals surface area (Å²) in [5.74, 6) is -1.91. The summed E-state index contributed by atoms with van der Waals surface area (Å²) in [7, 11) is -13.6. The van der Waals surface area contributed by atoms with Crippen LogP contribution in [0.25, 0.3) is 0 Å². The number of esters is 1. The zero-order valence-electron chi connectivity index (χ0n) is 26.5. The molecule has 0 aromatic carbocycles. The van der Waals surface area contributed by atoms with E-state index in [9.17, 15) is 38.5 Å². The van der Waals surface area contributed by atoms with Crippen LogP contribution in [0.1, 0.15) is 64.2 Å². The standard InChI is InChI=1S/C24H50N2O16S4/c1-38-41-45(34,35)22-8-3-5-13-25(15-7-10-20-43(28,29)30)17-18-26(14-6-4-9-23-46(36,37)42-39-2)16-12-24(27)40-19-11-21-44(31,32)33/h3-23H2,1-2H3,(H,28,29,30)(H,31,32,33). The van der Waals surface area contributed by atoms with Crippen LogP contribution in [0.5, 0.6) is 0 Å². The molecule has 0 heterocycles. The molecule has 0 saturated heterocycles. The van der Waals surface area contributed by atoms with Gasteiger partial charge in [0.25, 0.3) is 40.5 Å². The van der Waals surface area contributed by atoms with Crippen molar-refractivity contribution in [2.75, 3.05) is 83.1 Å². The molecule has 22 heteroatoms. The van der Waals surface area contributed by atoms with E-state index in [1.54, 1.807) is 0 Å². The number of ether oxygens (including phenoxy) is 1. The second kappa shape index (κ2) is 24.1. The summed E-state index contributed by atoms with van der Waals surface area (Å²) in [6.07, 6.45) is 3.65. The molecule has 0 aliphatic rings. The monoisotopic (exact) mass is 750 g/mol. The summed E-state index contributed by atoms with van der Waals surface area (Å²) in [6.45, 7) is 2.68. The van der Waals surface area contributed by atoms with E-state index in [4.69, 9.17) is 13.8 Å². The maximum absolute atomic E-state index is 12.2. The van der Waals surface area contributed by atoms with Crippen molar-refractivity contribution in [3.8, 4) is 0 Å². The molecule has 0 radical (unpaired) electrons. The van der Waals surface area contributed by atoms with Crippen LogP contribution in [0.3, 0.4) is 0 Å². The lowest BCUT2D eigenvalue weighted by atomic mass is 10.2. The third-order valence-corrected chi connectivity index (χ3v) is 10.3. The van der Waals surface area contributed by atoms with E-state index in [-0.39, 0.29) is 49.7 Å². The molecule has 0 fully saturated rings. The number of nitrogens with zero attached hydrogens (tertiary/aromatic N) is 2. The first-order valence-corrected chi connectivity index (χ1v) is 21.2. The largest absolute Gasteiger partial charge is 0.466 e. The Bertz CT molecular complexity index is 1260. The number of unbranched alkanes of at least 4 members (excludes halogenated alkanes) is 5. The zero-order valence-corrected chi connectivity index (χ0v) is 29.8. The van der Waals surface area contributed by atoms with E-state index in [0.29, 0.717) is 77.7 Å². The molecule has 276 valence electrons. The van der Waals surface area contributed by atoms with E-state index in [2.05, 4.69) is 23.3 Å². The Morgan fingerprint density at radius 2 is 0.913 bits per heavy atom. The molecule has 0 amide bonds. The normalized spacial score (nSPS) is 13.1. The Balaban J connectivity index is 5.15. The van der Waals surface area contributed by atoms with Crippen LogP contribution in [0, 0.1) is 0 Å². The first kappa shape index (κ1) is 45.0. The van der Waals surface area contributed by atoms with Crippen molar-refractivity contribution in [2.45, 2.75) is 64.2 Å². The van der Waals surface area contributed by atoms with Gasteiger partial charge in [0.15, 0.2) is 0 Å². The average molecular weight is 751 g/mol. The molecule has 0 aromatic rings. The maximum atomic E-state index is 12.2. The molecule has 0 bridgehead atoms. The minimum Gasteiger partial charge on any atom is -0.466 e. The van der Waals surface area contributed by atoms with Gasteiger partial charge >= 0.3 is 5.97 Å². The Hall–Kier alpha value is -1.05. The number of carbonyl (C=O) groups excluding carboxylic acids is 1. The number of hydrogen-bond acceptors (Lipinski definition) is 16. The fourth-order valence-corrected chi connectivity index (χ4v) is 6.90. The van der Waals surface area contributed by atoms with Crippen LogP contribution in [0.2, 0.25) is 0 Å². The van der Waals surface area contributed by atoms with Gasteiger partial charge in [-0.05, 0) is 64.6 Å². The first-order valence-electron chi connectivity index (χ1n) is 14.8. The van der Waals surface area contributed by atoms with Crippen molar-refractivity contribution in [2.24, 2.45) is 0 Å². The van der Waals surface area contributed by atoms with Crippen molar-refractivity contribution >= 4 is 46.4 Å². The Labute approximate surface area is 273 Å². The molecule has 18 nitrogen and oxygen atoms in total. The van der Waals surface area contributed by atoms with Crippen LogP contribution in [0.15, 0.2) is 0 Å². The second-order valence-corrected chi connectivity index (χ2v) is 16.9. The summed E-state index contributed by atoms with van der Waals surface area (Å²) in [5, 5.41) is 0. The first-order chi connectivity index (χ1) is 21.4. The molecule has 0 aliphatic heterocycles. The van der Waals surface area contributed by atoms with Crippen LogP contribution < -0.4 is 0 Å². The molecule has 0 atom stereocenters. The van der Waals surface area contributed by atoms with E-state index in [1.807, 2.05) is 4.90 Å². The lowest BCUT2D eigenvalue weighted by molar-refractivity contribution is -0.172. The topological polar surface area (TPSA) is 247 Å². The summed E-state index contributed by atoms with van der Waals surface area (Å²) < 4.78 is 122. The van der Waals surface area contributed by atoms with Gasteiger partial charge in [-0.2, -0.15) is 33.7 Å². The van der Waals surface area contributed by atoms with Gasteiger partial charge in [0.05, 0.1) is 50.3 Å². The molecule has 46 heavy (non-hydrogen) atoms. The number of hydrogen-bond donors (Lipinski definition) is 2. The lowest BCUT2D eigenvalue weighted by Gasteiger charge is -2.28. The third kappa shape index (κ3) is 29.1. The molecule has 0 rings (SSSR count). The van der Waals surface area contributed by atoms with Gasteiger partial charge in [0, 0.05) is 19.6 Å². The molecule has 0 aromatic heterocycles. The molecule has 0 unspecified atom stereocenters. The van der Waals surface area contributed by atoms with Gasteiger partial charge < -0.3 is 14.5 Å². The molecular formula is C24H50N2O16S4. The van der Waals surface area contributed by atoms with Crippen LogP contribution in [0.4, 0.5) is 0 Å². The average Bonchev–Trinajstić information content (AvgIpc) is 2.92. The van der Waals surface area contributed by atoms with Gasteiger partial charge in [-0.1, -0.05) is 12.8 Å². The van der Waals surface area contributed by atoms with E-state index < -0.39 is 52.2 Å². The Morgan fingerprint density at radius 3 is 1.35 bits per heavy atom. The predicted octanol–water partition coefficient (Wildman–Crippen LogP) is 0.626. The highest BCUT2D eigenvalue weighted by atomic mass is 32.2. The Morgan fingerprint density at radius 1 is 0.522 bits per heavy atom. The van der Waals surface area contributed by atoms with Crippen LogP contribution in [-0.4, -0.2) is 142 Å². The fourth-order valence-electron chi connectivity index (χ4n) is 4.18. The Kier molecular flexibility index (Phi) is 23.6. The van der Waals surface area contributed by atoms with Gasteiger partial charge in [-0.25, -0.2) is 9.78 Å². The highest BCUT2D eigenvalue weighted by Crippen LogP contribution is 2.08. The highest BCUT2D eigenvalue weighted by molar-refractivity contribution is 7.87. The molecule has 0 spiro atoms. The molecule has 2 N–H and O–H groups in total. The second-order valence-electron chi connectivity index (χ2n) is 10.4. The van der Waals surface area contributed by atoms with Crippen molar-refractivity contribution in [3.63, 3.8) is 0 Å². The summed E-state index contributed by atoms with van der Waals surface area (Å²) in [6, 6.07) is 0. The zero-order chi connectivity index (χ0) is 35.1. The van der Waals surface area contributed by atoms with E-state index >= 15 is 0 Å². The fraction of sp³-hybridized carbons (Fsp3) is 0.958. The van der Waals surface area contributed by atoms with Gasteiger partial charge in [-0.3, -0.25) is 13.9 Å². The smallest absolute Gasteiger partial charge is 0.307 e. The van der Waals surface area contributed by atoms with Crippen molar-refractivity contribution < 1.29 is 70.8 Å². The number of rotatable bonds is 31. The summed E-state index contributed by atoms with van der Waals surface area (Å²) in [5.41, 5.74) is 0. The van der Waals surface area contributed by atoms with Gasteiger partial charge in [0.1, 0.15) is 0 Å². The van der Waals surface area contributed by atoms with Crippen LogP contribution >= 0.6 is 0 Å². The predicted molar refractivity (Wildman–Crippen MR) is 167 cm³/mol. The SMILES string of the molecule is COOS(=O)(=O)CCCCCN(CCCCS(=O)(=O)O)CCN(CCCCCS(=O)(=O)OOC)CCC(=O)OCCCS(=O)(=O)O. The third-order valence-electron chi connectivity index (χ3n) is 6.38. The van der Waals surface area contributed by atoms with Crippen molar-refractivity contribution in [1.82, 2.24) is 9.80 Å². The quantitative estimate of drug-likeness (QED) is 0.0324. The van der Waals surface area contributed by atoms with Gasteiger partial charge in [-0.15, -0.1) is 8.67 Å². The molecule has 0 aliphatic carbocycles. The van der Waals surface area contributed by atoms with Crippen molar-refractivity contribution in [1.29, 1.82) is 0 Å². The van der Waals surface area contributed by atoms with E-state index in [0.717, 1.165) is 14.2 Å². The minimum absolute atomic E-state index is 0.00564. The van der Waals surface area contributed by atoms with E-state index in [1.165, 1.54) is 0 Å². The molecular weight excluding hydrogens is 701 g/mol. The minimum atomic E-state index is -4.16. The van der Waals surface area contributed by atoms with Gasteiger partial charge in [0.2, 0.25) is 0 Å². The number of carbonyl (C=O) groups is 1. The molecule has 0 saturated carbocycles. The summed E-state index contributed by atoms with van der Waals surface area (Å²) >= 11 is 0. The lowest BCUT2D eigenvalue weighted by Crippen LogP contribution is -2.38.